The summed E-state index contributed by atoms with van der Waals surface area (Å²) in [6, 6.07) is 23.9. The van der Waals surface area contributed by atoms with Crippen LogP contribution < -0.4 is 0 Å². The highest BCUT2D eigenvalue weighted by molar-refractivity contribution is 5.83. The van der Waals surface area contributed by atoms with Gasteiger partial charge < -0.3 is 4.57 Å². The molecule has 0 fully saturated rings. The molecule has 5 aromatic rings. The van der Waals surface area contributed by atoms with Crippen LogP contribution in [0.5, 0.6) is 0 Å². The van der Waals surface area contributed by atoms with Gasteiger partial charge in [0, 0.05) is 17.3 Å². The monoisotopic (exact) mass is 394 g/mol. The second kappa shape index (κ2) is 7.79. The molecule has 0 amide bonds. The smallest absolute Gasteiger partial charge is 0.113 e. The number of rotatable bonds is 6. The minimum absolute atomic E-state index is 0.948. The summed E-state index contributed by atoms with van der Waals surface area (Å²) < 4.78 is 4.16. The van der Waals surface area contributed by atoms with E-state index >= 15 is 0 Å². The third-order valence-electron chi connectivity index (χ3n) is 5.71. The number of benzene rings is 3. The number of fused-ring (bicyclic) bond motifs is 2. The molecule has 0 saturated heterocycles. The Balaban J connectivity index is 1.47. The quantitative estimate of drug-likeness (QED) is 0.340. The first-order valence-electron chi connectivity index (χ1n) is 10.8. The zero-order chi connectivity index (χ0) is 20.5. The second-order valence-corrected chi connectivity index (χ2v) is 7.92. The Kier molecular flexibility index (Phi) is 4.83. The Bertz CT molecular complexity index is 1210. The molecule has 4 heteroatoms. The van der Waals surface area contributed by atoms with Gasteiger partial charge in [-0.25, -0.2) is 4.68 Å². The van der Waals surface area contributed by atoms with Crippen molar-refractivity contribution in [3.63, 3.8) is 0 Å². The molecule has 2 heterocycles. The van der Waals surface area contributed by atoms with Crippen molar-refractivity contribution >= 4 is 21.9 Å². The topological polar surface area (TPSA) is 35.6 Å². The van der Waals surface area contributed by atoms with Gasteiger partial charge in [0.1, 0.15) is 5.52 Å². The fraction of sp³-hybridized carbons (Fsp3) is 0.231. The molecular weight excluding hydrogens is 368 g/mol. The average molecular weight is 395 g/mol. The van der Waals surface area contributed by atoms with Gasteiger partial charge >= 0.3 is 0 Å². The molecule has 0 bridgehead atoms. The third-order valence-corrected chi connectivity index (χ3v) is 5.71. The highest BCUT2D eigenvalue weighted by Gasteiger charge is 2.09. The summed E-state index contributed by atoms with van der Waals surface area (Å²) in [5.41, 5.74) is 8.10. The molecule has 30 heavy (non-hydrogen) atoms. The normalized spacial score (nSPS) is 11.5. The molecule has 0 aliphatic carbocycles. The Labute approximate surface area is 176 Å². The first-order valence-corrected chi connectivity index (χ1v) is 10.8. The van der Waals surface area contributed by atoms with Gasteiger partial charge in [0.2, 0.25) is 0 Å². The van der Waals surface area contributed by atoms with E-state index in [1.807, 2.05) is 4.68 Å². The van der Waals surface area contributed by atoms with Crippen molar-refractivity contribution in [1.82, 2.24) is 19.6 Å². The van der Waals surface area contributed by atoms with Crippen LogP contribution in [0, 0.1) is 0 Å². The molecular formula is C26H26N4. The zero-order valence-corrected chi connectivity index (χ0v) is 17.5. The number of hydrogen-bond donors (Lipinski definition) is 0. The Morgan fingerprint density at radius 1 is 0.700 bits per heavy atom. The van der Waals surface area contributed by atoms with Gasteiger partial charge in [-0.15, -0.1) is 5.10 Å². The van der Waals surface area contributed by atoms with Gasteiger partial charge in [-0.3, -0.25) is 0 Å². The molecule has 0 saturated carbocycles. The molecule has 0 N–H and O–H groups in total. The predicted molar refractivity (Wildman–Crippen MR) is 124 cm³/mol. The van der Waals surface area contributed by atoms with Gasteiger partial charge in [-0.2, -0.15) is 0 Å². The minimum Gasteiger partial charge on any atom is -0.317 e. The highest BCUT2D eigenvalue weighted by Crippen LogP contribution is 2.24. The van der Waals surface area contributed by atoms with Crippen LogP contribution in [-0.4, -0.2) is 19.6 Å². The SMILES string of the molecule is CCCc1ccc2c(ccn2-c2ccc(-n3nnc4cc(CCC)ccc43)cc2)c1. The third kappa shape index (κ3) is 3.28. The van der Waals surface area contributed by atoms with E-state index in [1.54, 1.807) is 0 Å². The van der Waals surface area contributed by atoms with Gasteiger partial charge in [0.05, 0.1) is 16.7 Å². The van der Waals surface area contributed by atoms with Crippen molar-refractivity contribution in [3.8, 4) is 11.4 Å². The van der Waals surface area contributed by atoms with Crippen LogP contribution in [-0.2, 0) is 12.8 Å². The summed E-state index contributed by atoms with van der Waals surface area (Å²) >= 11 is 0. The summed E-state index contributed by atoms with van der Waals surface area (Å²) in [4.78, 5) is 0. The van der Waals surface area contributed by atoms with Crippen molar-refractivity contribution in [2.75, 3.05) is 0 Å². The molecule has 0 aliphatic rings. The second-order valence-electron chi connectivity index (χ2n) is 7.92. The summed E-state index contributed by atoms with van der Waals surface area (Å²) in [6.07, 6.45) is 6.65. The van der Waals surface area contributed by atoms with E-state index < -0.39 is 0 Å². The number of hydrogen-bond acceptors (Lipinski definition) is 2. The average Bonchev–Trinajstić information content (AvgIpc) is 3.38. The Hall–Kier alpha value is -3.40. The van der Waals surface area contributed by atoms with Crippen molar-refractivity contribution in [3.05, 3.63) is 84.1 Å². The highest BCUT2D eigenvalue weighted by atomic mass is 15.4. The van der Waals surface area contributed by atoms with Gasteiger partial charge in [-0.05, 0) is 78.6 Å². The molecule has 0 radical (unpaired) electrons. The van der Waals surface area contributed by atoms with Crippen LogP contribution in [0.25, 0.3) is 33.3 Å². The lowest BCUT2D eigenvalue weighted by atomic mass is 10.1. The van der Waals surface area contributed by atoms with Crippen LogP contribution in [0.3, 0.4) is 0 Å². The Morgan fingerprint density at radius 2 is 1.37 bits per heavy atom. The molecule has 2 aromatic heterocycles. The van der Waals surface area contributed by atoms with E-state index in [0.29, 0.717) is 0 Å². The lowest BCUT2D eigenvalue weighted by molar-refractivity contribution is 0.823. The lowest BCUT2D eigenvalue weighted by Gasteiger charge is -2.08. The van der Waals surface area contributed by atoms with E-state index in [2.05, 4.69) is 102 Å². The first kappa shape index (κ1) is 18.6. The fourth-order valence-electron chi connectivity index (χ4n) is 4.22. The molecule has 4 nitrogen and oxygen atoms in total. The maximum Gasteiger partial charge on any atom is 0.113 e. The fourth-order valence-corrected chi connectivity index (χ4v) is 4.22. The van der Waals surface area contributed by atoms with Crippen molar-refractivity contribution in [2.45, 2.75) is 39.5 Å². The summed E-state index contributed by atoms with van der Waals surface area (Å²) in [6.45, 7) is 4.42. The minimum atomic E-state index is 0.948. The summed E-state index contributed by atoms with van der Waals surface area (Å²) in [5.74, 6) is 0. The van der Waals surface area contributed by atoms with Crippen LogP contribution in [0.1, 0.15) is 37.8 Å². The molecule has 5 rings (SSSR count). The lowest BCUT2D eigenvalue weighted by Crippen LogP contribution is -1.98. The van der Waals surface area contributed by atoms with Gasteiger partial charge in [0.15, 0.2) is 0 Å². The molecule has 0 spiro atoms. The zero-order valence-electron chi connectivity index (χ0n) is 17.5. The van der Waals surface area contributed by atoms with E-state index in [0.717, 1.165) is 41.7 Å². The van der Waals surface area contributed by atoms with Crippen LogP contribution in [0.4, 0.5) is 0 Å². The molecule has 3 aromatic carbocycles. The van der Waals surface area contributed by atoms with Gasteiger partial charge in [-0.1, -0.05) is 44.0 Å². The summed E-state index contributed by atoms with van der Waals surface area (Å²) in [5, 5.41) is 10.1. The predicted octanol–water partition coefficient (Wildman–Crippen LogP) is 6.27. The van der Waals surface area contributed by atoms with Crippen molar-refractivity contribution in [1.29, 1.82) is 0 Å². The number of aromatic nitrogens is 4. The molecule has 150 valence electrons. The van der Waals surface area contributed by atoms with Crippen molar-refractivity contribution in [2.24, 2.45) is 0 Å². The number of aryl methyl sites for hydroxylation is 2. The van der Waals surface area contributed by atoms with E-state index in [1.165, 1.54) is 28.5 Å². The standard InChI is InChI=1S/C26H26N4/c1-3-5-19-7-13-25-21(17-19)15-16-29(25)22-9-11-23(12-10-22)30-26-14-8-20(6-4-2)18-24(26)27-28-30/h7-18H,3-6H2,1-2H3. The van der Waals surface area contributed by atoms with E-state index in [-0.39, 0.29) is 0 Å². The molecule has 0 unspecified atom stereocenters. The molecule has 0 aliphatic heterocycles. The van der Waals surface area contributed by atoms with Crippen molar-refractivity contribution < 1.29 is 0 Å². The first-order chi connectivity index (χ1) is 14.8. The van der Waals surface area contributed by atoms with E-state index in [4.69, 9.17) is 0 Å². The largest absolute Gasteiger partial charge is 0.317 e. The molecule has 0 atom stereocenters. The maximum atomic E-state index is 4.40. The van der Waals surface area contributed by atoms with Crippen LogP contribution in [0.2, 0.25) is 0 Å². The van der Waals surface area contributed by atoms with Crippen LogP contribution in [0.15, 0.2) is 72.9 Å². The van der Waals surface area contributed by atoms with Crippen LogP contribution >= 0.6 is 0 Å². The van der Waals surface area contributed by atoms with E-state index in [9.17, 15) is 0 Å². The van der Waals surface area contributed by atoms with Gasteiger partial charge in [0.25, 0.3) is 0 Å². The number of nitrogens with zero attached hydrogens (tertiary/aromatic N) is 4. The summed E-state index contributed by atoms with van der Waals surface area (Å²) in [7, 11) is 0. The maximum absolute atomic E-state index is 4.40. The Morgan fingerprint density at radius 3 is 2.10 bits per heavy atom.